The zero-order chi connectivity index (χ0) is 18.8. The van der Waals surface area contributed by atoms with Crippen LogP contribution in [-0.2, 0) is 21.2 Å². The minimum absolute atomic E-state index is 0.00612. The number of carboxylic acids is 1. The van der Waals surface area contributed by atoms with Crippen LogP contribution >= 0.6 is 11.6 Å². The van der Waals surface area contributed by atoms with Crippen molar-refractivity contribution in [1.29, 1.82) is 0 Å². The van der Waals surface area contributed by atoms with Gasteiger partial charge in [0.25, 0.3) is 0 Å². The highest BCUT2D eigenvalue weighted by Crippen LogP contribution is 2.22. The fourth-order valence-electron chi connectivity index (χ4n) is 2.55. The van der Waals surface area contributed by atoms with Crippen molar-refractivity contribution >= 4 is 27.6 Å². The van der Waals surface area contributed by atoms with Crippen molar-refractivity contribution < 1.29 is 18.3 Å². The van der Waals surface area contributed by atoms with Crippen LogP contribution in [0.1, 0.15) is 16.7 Å². The molecular formula is C18H20ClNO4S. The lowest BCUT2D eigenvalue weighted by Gasteiger charge is -2.25. The summed E-state index contributed by atoms with van der Waals surface area (Å²) in [6.45, 7) is 3.83. The van der Waals surface area contributed by atoms with Gasteiger partial charge in [-0.3, -0.25) is 4.79 Å². The molecule has 0 spiro atoms. The molecule has 7 heteroatoms. The summed E-state index contributed by atoms with van der Waals surface area (Å²) in [7, 11) is -2.66. The Balaban J connectivity index is 2.37. The fraction of sp³-hybridized carbons (Fsp3) is 0.278. The monoisotopic (exact) mass is 381 g/mol. The number of benzene rings is 2. The number of aryl methyl sites for hydroxylation is 1. The molecule has 0 bridgehead atoms. The summed E-state index contributed by atoms with van der Waals surface area (Å²) in [5.74, 6) is -1.19. The molecule has 1 N–H and O–H groups in total. The molecule has 0 saturated carbocycles. The largest absolute Gasteiger partial charge is 0.480 e. The van der Waals surface area contributed by atoms with E-state index in [0.717, 1.165) is 21.0 Å². The van der Waals surface area contributed by atoms with E-state index in [-0.39, 0.29) is 11.3 Å². The lowest BCUT2D eigenvalue weighted by Crippen LogP contribution is -2.43. The lowest BCUT2D eigenvalue weighted by atomic mass is 9.98. The van der Waals surface area contributed by atoms with Crippen LogP contribution < -0.4 is 0 Å². The van der Waals surface area contributed by atoms with Crippen molar-refractivity contribution in [2.45, 2.75) is 31.2 Å². The fourth-order valence-corrected chi connectivity index (χ4v) is 3.99. The van der Waals surface area contributed by atoms with Gasteiger partial charge in [0.2, 0.25) is 10.0 Å². The molecule has 25 heavy (non-hydrogen) atoms. The van der Waals surface area contributed by atoms with Gasteiger partial charge in [0.05, 0.1) is 4.90 Å². The number of rotatable bonds is 6. The Morgan fingerprint density at radius 2 is 1.76 bits per heavy atom. The molecular weight excluding hydrogens is 362 g/mol. The Morgan fingerprint density at radius 1 is 1.16 bits per heavy atom. The highest BCUT2D eigenvalue weighted by Gasteiger charge is 2.33. The third-order valence-electron chi connectivity index (χ3n) is 4.34. The molecule has 1 atom stereocenters. The van der Waals surface area contributed by atoms with Crippen LogP contribution in [0.25, 0.3) is 0 Å². The molecule has 2 aromatic carbocycles. The van der Waals surface area contributed by atoms with Crippen molar-refractivity contribution in [3.05, 3.63) is 64.2 Å². The molecule has 0 amide bonds. The Kier molecular flexibility index (Phi) is 5.87. The highest BCUT2D eigenvalue weighted by molar-refractivity contribution is 7.89. The van der Waals surface area contributed by atoms with Crippen LogP contribution in [0.4, 0.5) is 0 Å². The Hall–Kier alpha value is -1.89. The smallest absolute Gasteiger partial charge is 0.322 e. The van der Waals surface area contributed by atoms with E-state index < -0.39 is 22.0 Å². The molecule has 5 nitrogen and oxygen atoms in total. The molecule has 134 valence electrons. The van der Waals surface area contributed by atoms with E-state index in [4.69, 9.17) is 11.6 Å². The number of nitrogens with zero attached hydrogens (tertiary/aromatic N) is 1. The highest BCUT2D eigenvalue weighted by atomic mass is 35.5. The number of likely N-dealkylation sites (N-methyl/N-ethyl adjacent to an activating group) is 1. The van der Waals surface area contributed by atoms with Gasteiger partial charge in [-0.1, -0.05) is 29.8 Å². The maximum atomic E-state index is 12.8. The molecule has 0 radical (unpaired) electrons. The predicted molar refractivity (Wildman–Crippen MR) is 97.4 cm³/mol. The van der Waals surface area contributed by atoms with Gasteiger partial charge in [0.15, 0.2) is 0 Å². The number of hydrogen-bond donors (Lipinski definition) is 1. The van der Waals surface area contributed by atoms with Crippen molar-refractivity contribution in [2.75, 3.05) is 7.05 Å². The Morgan fingerprint density at radius 3 is 2.32 bits per heavy atom. The van der Waals surface area contributed by atoms with Gasteiger partial charge in [-0.2, -0.15) is 4.31 Å². The summed E-state index contributed by atoms with van der Waals surface area (Å²) in [6.07, 6.45) is 0.0895. The molecule has 0 unspecified atom stereocenters. The number of halogens is 1. The van der Waals surface area contributed by atoms with E-state index in [0.29, 0.717) is 5.02 Å². The van der Waals surface area contributed by atoms with Crippen LogP contribution in [0.2, 0.25) is 5.02 Å². The third-order valence-corrected chi connectivity index (χ3v) is 6.48. The van der Waals surface area contributed by atoms with Gasteiger partial charge in [-0.15, -0.1) is 0 Å². The summed E-state index contributed by atoms with van der Waals surface area (Å²) in [4.78, 5) is 11.8. The summed E-state index contributed by atoms with van der Waals surface area (Å²) in [5.41, 5.74) is 2.81. The average molecular weight is 382 g/mol. The second-order valence-corrected chi connectivity index (χ2v) is 8.33. The van der Waals surface area contributed by atoms with Gasteiger partial charge in [-0.25, -0.2) is 8.42 Å². The average Bonchev–Trinajstić information content (AvgIpc) is 2.55. The van der Waals surface area contributed by atoms with Gasteiger partial charge in [0, 0.05) is 12.1 Å². The second-order valence-electron chi connectivity index (χ2n) is 5.89. The molecule has 0 fully saturated rings. The zero-order valence-electron chi connectivity index (χ0n) is 14.2. The van der Waals surface area contributed by atoms with E-state index in [9.17, 15) is 18.3 Å². The van der Waals surface area contributed by atoms with E-state index in [1.54, 1.807) is 0 Å². The minimum Gasteiger partial charge on any atom is -0.480 e. The van der Waals surface area contributed by atoms with E-state index >= 15 is 0 Å². The first-order valence-corrected chi connectivity index (χ1v) is 9.48. The maximum absolute atomic E-state index is 12.8. The molecule has 2 aromatic rings. The molecule has 0 heterocycles. The van der Waals surface area contributed by atoms with Crippen molar-refractivity contribution in [2.24, 2.45) is 0 Å². The summed E-state index contributed by atoms with van der Waals surface area (Å²) >= 11 is 5.79. The predicted octanol–water partition coefficient (Wildman–Crippen LogP) is 3.27. The van der Waals surface area contributed by atoms with Crippen molar-refractivity contribution in [3.63, 3.8) is 0 Å². The van der Waals surface area contributed by atoms with Crippen molar-refractivity contribution in [3.8, 4) is 0 Å². The normalized spacial score (nSPS) is 13.0. The molecule has 0 aliphatic carbocycles. The van der Waals surface area contributed by atoms with Crippen molar-refractivity contribution in [1.82, 2.24) is 4.31 Å². The summed E-state index contributed by atoms with van der Waals surface area (Å²) in [6, 6.07) is 10.0. The number of hydrogen-bond acceptors (Lipinski definition) is 3. The van der Waals surface area contributed by atoms with Crippen LogP contribution in [0.3, 0.4) is 0 Å². The number of carbonyl (C=O) groups is 1. The first-order valence-electron chi connectivity index (χ1n) is 7.66. The van der Waals surface area contributed by atoms with Crippen LogP contribution in [0.15, 0.2) is 47.4 Å². The van der Waals surface area contributed by atoms with E-state index in [1.807, 2.05) is 32.0 Å². The zero-order valence-corrected chi connectivity index (χ0v) is 15.8. The molecule has 0 saturated heterocycles. The second kappa shape index (κ2) is 7.56. The summed E-state index contributed by atoms with van der Waals surface area (Å²) < 4.78 is 26.4. The molecule has 0 aliphatic rings. The first kappa shape index (κ1) is 19.4. The SMILES string of the molecule is Cc1cccc(C[C@@H](C(=O)O)N(C)S(=O)(=O)c2ccc(Cl)cc2)c1C. The lowest BCUT2D eigenvalue weighted by molar-refractivity contribution is -0.141. The number of sulfonamides is 1. The number of carboxylic acid groups (broad SMARTS) is 1. The van der Waals surface area contributed by atoms with Crippen LogP contribution in [-0.4, -0.2) is 36.9 Å². The minimum atomic E-state index is -3.95. The maximum Gasteiger partial charge on any atom is 0.322 e. The Bertz CT molecular complexity index is 878. The van der Waals surface area contributed by atoms with E-state index in [1.165, 1.54) is 31.3 Å². The van der Waals surface area contributed by atoms with Gasteiger partial charge in [0.1, 0.15) is 6.04 Å². The van der Waals surface area contributed by atoms with Gasteiger partial charge >= 0.3 is 5.97 Å². The number of aliphatic carboxylic acids is 1. The van der Waals surface area contributed by atoms with E-state index in [2.05, 4.69) is 0 Å². The molecule has 2 rings (SSSR count). The quantitative estimate of drug-likeness (QED) is 0.833. The van der Waals surface area contributed by atoms with Crippen LogP contribution in [0, 0.1) is 13.8 Å². The first-order chi connectivity index (χ1) is 11.6. The topological polar surface area (TPSA) is 74.7 Å². The molecule has 0 aromatic heterocycles. The van der Waals surface area contributed by atoms with Crippen LogP contribution in [0.5, 0.6) is 0 Å². The van der Waals surface area contributed by atoms with Gasteiger partial charge < -0.3 is 5.11 Å². The molecule has 0 aliphatic heterocycles. The standard InChI is InChI=1S/C18H20ClNO4S/c1-12-5-4-6-14(13(12)2)11-17(18(21)22)20(3)25(23,24)16-9-7-15(19)8-10-16/h4-10,17H,11H2,1-3H3,(H,21,22)/t17-/m0/s1. The third kappa shape index (κ3) is 4.21. The van der Waals surface area contributed by atoms with Gasteiger partial charge in [-0.05, 0) is 61.2 Å². The summed E-state index contributed by atoms with van der Waals surface area (Å²) in [5, 5.41) is 10.0. The Labute approximate surface area is 152 Å².